The molecule has 0 saturated heterocycles. The van der Waals surface area contributed by atoms with Crippen LogP contribution >= 0.6 is 0 Å². The second kappa shape index (κ2) is 12.3. The molecule has 222 valence electrons. The van der Waals surface area contributed by atoms with E-state index in [1.165, 1.54) is 0 Å². The number of nitrogens with zero attached hydrogens (tertiary/aromatic N) is 4. The van der Waals surface area contributed by atoms with E-state index in [1.54, 1.807) is 6.08 Å². The fourth-order valence-electron chi connectivity index (χ4n) is 5.13. The highest BCUT2D eigenvalue weighted by molar-refractivity contribution is 5.72. The molecule has 0 saturated carbocycles. The number of ether oxygens (including phenoxy) is 1. The minimum Gasteiger partial charge on any atom is -0.448 e. The summed E-state index contributed by atoms with van der Waals surface area (Å²) in [5.74, 6) is 2.79. The number of hydrogen-bond acceptors (Lipinski definition) is 7. The average Bonchev–Trinajstić information content (AvgIpc) is 3.85. The van der Waals surface area contributed by atoms with Crippen molar-refractivity contribution >= 4 is 5.57 Å². The lowest BCUT2D eigenvalue weighted by Crippen LogP contribution is -1.93. The second-order valence-electron chi connectivity index (χ2n) is 10.7. The molecule has 1 aliphatic rings. The standard InChI is InChI=1S/C40H24N4O3/c1-3-7-27(8-4-1)29-11-15-31(16-12-29)37-41-43-39(46-37)33-19-23-35(24-20-33)45-36-25-21-34(22-26-36)40-44-42-38(47-40)32-17-13-30(14-18-32)28-9-5-2-6-10-28/h1-21,23-25H. The summed E-state index contributed by atoms with van der Waals surface area (Å²) in [6.07, 6.45) is 3.59. The van der Waals surface area contributed by atoms with Crippen molar-refractivity contribution < 1.29 is 13.6 Å². The molecule has 0 radical (unpaired) electrons. The van der Waals surface area contributed by atoms with E-state index in [-0.39, 0.29) is 0 Å². The van der Waals surface area contributed by atoms with Crippen molar-refractivity contribution in [2.75, 3.05) is 0 Å². The van der Waals surface area contributed by atoms with Crippen LogP contribution in [0.5, 0.6) is 5.75 Å². The number of allylic oxidation sites excluding steroid dienone is 3. The molecule has 0 spiro atoms. The molecule has 0 atom stereocenters. The smallest absolute Gasteiger partial charge is 0.256 e. The van der Waals surface area contributed by atoms with Gasteiger partial charge in [0.25, 0.3) is 5.89 Å². The van der Waals surface area contributed by atoms with E-state index in [0.717, 1.165) is 38.9 Å². The van der Waals surface area contributed by atoms with Gasteiger partial charge >= 0.3 is 0 Å². The minimum absolute atomic E-state index is 0.352. The van der Waals surface area contributed by atoms with Crippen LogP contribution in [0.3, 0.4) is 0 Å². The van der Waals surface area contributed by atoms with Gasteiger partial charge in [0.2, 0.25) is 17.7 Å². The Morgan fingerprint density at radius 1 is 0.383 bits per heavy atom. The molecular weight excluding hydrogens is 584 g/mol. The van der Waals surface area contributed by atoms with Gasteiger partial charge in [-0.15, -0.1) is 20.4 Å². The maximum Gasteiger partial charge on any atom is 0.256 e. The molecule has 7 aromatic rings. The van der Waals surface area contributed by atoms with Crippen LogP contribution in [0, 0.1) is 0 Å². The van der Waals surface area contributed by atoms with Crippen LogP contribution in [-0.4, -0.2) is 20.4 Å². The molecule has 8 rings (SSSR count). The Morgan fingerprint density at radius 3 is 1.26 bits per heavy atom. The van der Waals surface area contributed by atoms with Gasteiger partial charge in [-0.3, -0.25) is 0 Å². The normalized spacial score (nSPS) is 12.1. The van der Waals surface area contributed by atoms with E-state index in [9.17, 15) is 0 Å². The molecule has 0 unspecified atom stereocenters. The Kier molecular flexibility index (Phi) is 7.27. The largest absolute Gasteiger partial charge is 0.448 e. The lowest BCUT2D eigenvalue weighted by Gasteiger charge is -2.06. The summed E-state index contributed by atoms with van der Waals surface area (Å²) < 4.78 is 17.9. The molecule has 0 N–H and O–H groups in total. The molecular formula is C40H24N4O3. The van der Waals surface area contributed by atoms with Crippen molar-refractivity contribution in [3.8, 4) is 62.4 Å². The van der Waals surface area contributed by atoms with E-state index in [0.29, 0.717) is 40.6 Å². The Bertz CT molecular complexity index is 2310. The van der Waals surface area contributed by atoms with E-state index < -0.39 is 0 Å². The predicted octanol–water partition coefficient (Wildman–Crippen LogP) is 9.46. The van der Waals surface area contributed by atoms with Gasteiger partial charge in [-0.25, -0.2) is 0 Å². The van der Waals surface area contributed by atoms with E-state index in [4.69, 9.17) is 13.6 Å². The zero-order valence-electron chi connectivity index (χ0n) is 24.9. The van der Waals surface area contributed by atoms with Crippen LogP contribution in [-0.2, 0) is 0 Å². The van der Waals surface area contributed by atoms with Gasteiger partial charge in [-0.2, -0.15) is 0 Å². The molecule has 0 bridgehead atoms. The summed E-state index contributed by atoms with van der Waals surface area (Å²) in [6.45, 7) is 0. The SMILES string of the molecule is C1=C=C(c2nnc(-c3ccc(-c4ccccc4)cc3)o2)C=CC=1Oc1ccc(-c2nnc(-c3ccc(-c4ccccc4)cc3)o2)cc1. The number of benzene rings is 5. The maximum atomic E-state index is 5.98. The Hall–Kier alpha value is -6.78. The van der Waals surface area contributed by atoms with Gasteiger partial charge in [-0.05, 0) is 88.7 Å². The average molecular weight is 609 g/mol. The summed E-state index contributed by atoms with van der Waals surface area (Å²) in [5, 5.41) is 16.9. The first-order chi connectivity index (χ1) is 23.2. The summed E-state index contributed by atoms with van der Waals surface area (Å²) in [4.78, 5) is 0. The fourth-order valence-corrected chi connectivity index (χ4v) is 5.13. The third-order valence-corrected chi connectivity index (χ3v) is 7.61. The zero-order valence-corrected chi connectivity index (χ0v) is 24.9. The van der Waals surface area contributed by atoms with E-state index in [2.05, 4.69) is 56.1 Å². The Labute approximate surface area is 270 Å². The van der Waals surface area contributed by atoms with Crippen LogP contribution in [0.25, 0.3) is 62.2 Å². The van der Waals surface area contributed by atoms with Crippen molar-refractivity contribution in [1.82, 2.24) is 20.4 Å². The summed E-state index contributed by atoms with van der Waals surface area (Å²) in [7, 11) is 0. The minimum atomic E-state index is 0.352. The summed E-state index contributed by atoms with van der Waals surface area (Å²) in [5.41, 5.74) is 13.7. The number of aromatic nitrogens is 4. The lowest BCUT2D eigenvalue weighted by atomic mass is 10.0. The Morgan fingerprint density at radius 2 is 0.787 bits per heavy atom. The molecule has 5 aromatic carbocycles. The van der Waals surface area contributed by atoms with Crippen LogP contribution < -0.4 is 4.74 Å². The first-order valence-corrected chi connectivity index (χ1v) is 15.0. The molecule has 2 heterocycles. The monoisotopic (exact) mass is 608 g/mol. The molecule has 1 aliphatic carbocycles. The van der Waals surface area contributed by atoms with Crippen molar-refractivity contribution in [2.45, 2.75) is 0 Å². The third-order valence-electron chi connectivity index (χ3n) is 7.61. The molecule has 47 heavy (non-hydrogen) atoms. The lowest BCUT2D eigenvalue weighted by molar-refractivity contribution is 0.445. The second-order valence-corrected chi connectivity index (χ2v) is 10.7. The van der Waals surface area contributed by atoms with Gasteiger partial charge in [0.1, 0.15) is 5.75 Å². The van der Waals surface area contributed by atoms with Crippen molar-refractivity contribution in [3.05, 3.63) is 169 Å². The van der Waals surface area contributed by atoms with Gasteiger partial charge < -0.3 is 13.6 Å². The highest BCUT2D eigenvalue weighted by Gasteiger charge is 2.14. The Balaban J connectivity index is 0.930. The quantitative estimate of drug-likeness (QED) is 0.159. The van der Waals surface area contributed by atoms with Gasteiger partial charge in [-0.1, -0.05) is 90.7 Å². The van der Waals surface area contributed by atoms with Crippen LogP contribution in [0.15, 0.2) is 172 Å². The van der Waals surface area contributed by atoms with Crippen molar-refractivity contribution in [3.63, 3.8) is 0 Å². The van der Waals surface area contributed by atoms with Crippen molar-refractivity contribution in [2.24, 2.45) is 0 Å². The van der Waals surface area contributed by atoms with E-state index in [1.807, 2.05) is 115 Å². The predicted molar refractivity (Wildman–Crippen MR) is 179 cm³/mol. The molecule has 0 amide bonds. The first kappa shape index (κ1) is 27.7. The summed E-state index contributed by atoms with van der Waals surface area (Å²) >= 11 is 0. The fraction of sp³-hybridized carbons (Fsp3) is 0. The van der Waals surface area contributed by atoms with Crippen LogP contribution in [0.2, 0.25) is 0 Å². The summed E-state index contributed by atoms with van der Waals surface area (Å²) in [6, 6.07) is 43.9. The number of hydrogen-bond donors (Lipinski definition) is 0. The van der Waals surface area contributed by atoms with Crippen molar-refractivity contribution in [1.29, 1.82) is 0 Å². The van der Waals surface area contributed by atoms with Gasteiger partial charge in [0, 0.05) is 16.7 Å². The molecule has 7 heteroatoms. The molecule has 0 aliphatic heterocycles. The highest BCUT2D eigenvalue weighted by Crippen LogP contribution is 2.29. The van der Waals surface area contributed by atoms with Crippen LogP contribution in [0.4, 0.5) is 0 Å². The van der Waals surface area contributed by atoms with E-state index >= 15 is 0 Å². The van der Waals surface area contributed by atoms with Crippen LogP contribution in [0.1, 0.15) is 5.89 Å². The van der Waals surface area contributed by atoms with Gasteiger partial charge in [0.05, 0.1) is 5.57 Å². The van der Waals surface area contributed by atoms with Gasteiger partial charge in [0.15, 0.2) is 5.76 Å². The first-order valence-electron chi connectivity index (χ1n) is 15.0. The third kappa shape index (κ3) is 5.99. The molecule has 0 fully saturated rings. The maximum absolute atomic E-state index is 5.98. The topological polar surface area (TPSA) is 87.1 Å². The zero-order chi connectivity index (χ0) is 31.4. The highest BCUT2D eigenvalue weighted by atomic mass is 16.5. The molecule has 2 aromatic heterocycles. The molecule has 7 nitrogen and oxygen atoms in total. The number of rotatable bonds is 8.